The lowest BCUT2D eigenvalue weighted by atomic mass is 10.1. The van der Waals surface area contributed by atoms with Crippen molar-refractivity contribution in [1.82, 2.24) is 25.2 Å². The standard InChI is InChI=1S/C12H15N5O2/c18-10-7-13-4-8(10)5-15-12(19)9-6-16-17-3-1-2-14-11(9)17/h1-3,6,8,10,13,18H,4-5,7H2,(H,15,19). The number of hydrogen-bond donors (Lipinski definition) is 3. The van der Waals surface area contributed by atoms with Crippen molar-refractivity contribution in [3.63, 3.8) is 0 Å². The molecule has 2 aromatic rings. The van der Waals surface area contributed by atoms with Crippen molar-refractivity contribution in [2.24, 2.45) is 5.92 Å². The van der Waals surface area contributed by atoms with E-state index in [1.165, 1.54) is 6.20 Å². The van der Waals surface area contributed by atoms with Gasteiger partial charge in [0.25, 0.3) is 5.91 Å². The van der Waals surface area contributed by atoms with E-state index in [2.05, 4.69) is 20.7 Å². The highest BCUT2D eigenvalue weighted by atomic mass is 16.3. The van der Waals surface area contributed by atoms with Crippen LogP contribution in [0.3, 0.4) is 0 Å². The third kappa shape index (κ3) is 2.29. The van der Waals surface area contributed by atoms with E-state index in [0.717, 1.165) is 0 Å². The summed E-state index contributed by atoms with van der Waals surface area (Å²) in [6.45, 7) is 1.74. The van der Waals surface area contributed by atoms with Crippen molar-refractivity contribution in [2.75, 3.05) is 19.6 Å². The van der Waals surface area contributed by atoms with Crippen LogP contribution in [-0.2, 0) is 0 Å². The summed E-state index contributed by atoms with van der Waals surface area (Å²) in [6.07, 6.45) is 4.46. The lowest BCUT2D eigenvalue weighted by Gasteiger charge is -2.13. The molecule has 0 saturated carbocycles. The van der Waals surface area contributed by atoms with E-state index in [-0.39, 0.29) is 11.8 Å². The highest BCUT2D eigenvalue weighted by Gasteiger charge is 2.25. The lowest BCUT2D eigenvalue weighted by Crippen LogP contribution is -2.34. The number of carbonyl (C=O) groups excluding carboxylic acids is 1. The molecule has 7 nitrogen and oxygen atoms in total. The van der Waals surface area contributed by atoms with Gasteiger partial charge in [0.05, 0.1) is 12.3 Å². The SMILES string of the molecule is O=C(NCC1CNCC1O)c1cnn2cccnc12. The average Bonchev–Trinajstić information content (AvgIpc) is 3.02. The zero-order valence-electron chi connectivity index (χ0n) is 10.3. The summed E-state index contributed by atoms with van der Waals surface area (Å²) in [4.78, 5) is 16.2. The Hall–Kier alpha value is -1.99. The zero-order chi connectivity index (χ0) is 13.2. The van der Waals surface area contributed by atoms with Crippen LogP contribution in [0.2, 0.25) is 0 Å². The van der Waals surface area contributed by atoms with Crippen molar-refractivity contribution in [2.45, 2.75) is 6.10 Å². The van der Waals surface area contributed by atoms with E-state index in [1.54, 1.807) is 23.0 Å². The number of hydrogen-bond acceptors (Lipinski definition) is 5. The number of amides is 1. The van der Waals surface area contributed by atoms with Gasteiger partial charge in [-0.15, -0.1) is 0 Å². The molecule has 0 aliphatic carbocycles. The Balaban J connectivity index is 1.70. The first-order chi connectivity index (χ1) is 9.25. The molecule has 0 bridgehead atoms. The number of aromatic nitrogens is 3. The van der Waals surface area contributed by atoms with E-state index in [0.29, 0.717) is 30.8 Å². The fraction of sp³-hybridized carbons (Fsp3) is 0.417. The van der Waals surface area contributed by atoms with Gasteiger partial charge in [0.1, 0.15) is 5.56 Å². The largest absolute Gasteiger partial charge is 0.391 e. The minimum atomic E-state index is -0.401. The first-order valence-electron chi connectivity index (χ1n) is 6.21. The summed E-state index contributed by atoms with van der Waals surface area (Å²) in [6, 6.07) is 1.75. The second kappa shape index (κ2) is 4.94. The summed E-state index contributed by atoms with van der Waals surface area (Å²) >= 11 is 0. The van der Waals surface area contributed by atoms with Crippen LogP contribution in [0.4, 0.5) is 0 Å². The fourth-order valence-electron chi connectivity index (χ4n) is 2.23. The van der Waals surface area contributed by atoms with Crippen molar-refractivity contribution in [3.8, 4) is 0 Å². The number of nitrogens with zero attached hydrogens (tertiary/aromatic N) is 3. The van der Waals surface area contributed by atoms with Gasteiger partial charge in [-0.25, -0.2) is 9.50 Å². The molecule has 0 spiro atoms. The molecular weight excluding hydrogens is 246 g/mol. The molecular formula is C12H15N5O2. The molecule has 19 heavy (non-hydrogen) atoms. The lowest BCUT2D eigenvalue weighted by molar-refractivity contribution is 0.0928. The van der Waals surface area contributed by atoms with Gasteiger partial charge in [0, 0.05) is 37.9 Å². The van der Waals surface area contributed by atoms with Crippen LogP contribution in [0.15, 0.2) is 24.7 Å². The summed E-state index contributed by atoms with van der Waals surface area (Å²) in [5.41, 5.74) is 0.978. The van der Waals surface area contributed by atoms with Gasteiger partial charge in [-0.05, 0) is 6.07 Å². The smallest absolute Gasteiger partial charge is 0.256 e. The molecule has 1 aliphatic rings. The van der Waals surface area contributed by atoms with Gasteiger partial charge in [-0.2, -0.15) is 5.10 Å². The predicted molar refractivity (Wildman–Crippen MR) is 67.7 cm³/mol. The molecule has 3 heterocycles. The third-order valence-electron chi connectivity index (χ3n) is 3.35. The van der Waals surface area contributed by atoms with Crippen LogP contribution in [-0.4, -0.2) is 51.4 Å². The molecule has 1 aliphatic heterocycles. The molecule has 0 radical (unpaired) electrons. The molecule has 2 aromatic heterocycles. The fourth-order valence-corrected chi connectivity index (χ4v) is 2.23. The van der Waals surface area contributed by atoms with Crippen LogP contribution >= 0.6 is 0 Å². The maximum Gasteiger partial charge on any atom is 0.256 e. The van der Waals surface area contributed by atoms with Crippen LogP contribution in [0.25, 0.3) is 5.65 Å². The van der Waals surface area contributed by atoms with Crippen molar-refractivity contribution in [3.05, 3.63) is 30.2 Å². The Morgan fingerprint density at radius 3 is 3.26 bits per heavy atom. The van der Waals surface area contributed by atoms with Gasteiger partial charge in [0.2, 0.25) is 0 Å². The number of fused-ring (bicyclic) bond motifs is 1. The number of rotatable bonds is 3. The maximum atomic E-state index is 12.1. The van der Waals surface area contributed by atoms with Crippen molar-refractivity contribution >= 4 is 11.6 Å². The molecule has 1 saturated heterocycles. The van der Waals surface area contributed by atoms with E-state index in [4.69, 9.17) is 0 Å². The Morgan fingerprint density at radius 1 is 1.58 bits per heavy atom. The van der Waals surface area contributed by atoms with Gasteiger partial charge in [-0.3, -0.25) is 4.79 Å². The second-order valence-electron chi connectivity index (χ2n) is 4.64. The van der Waals surface area contributed by atoms with E-state index in [1.807, 2.05) is 0 Å². The molecule has 100 valence electrons. The molecule has 7 heteroatoms. The second-order valence-corrected chi connectivity index (χ2v) is 4.64. The molecule has 3 rings (SSSR count). The van der Waals surface area contributed by atoms with Crippen LogP contribution < -0.4 is 10.6 Å². The molecule has 2 atom stereocenters. The minimum absolute atomic E-state index is 0.0544. The van der Waals surface area contributed by atoms with Gasteiger partial charge in [0.15, 0.2) is 5.65 Å². The average molecular weight is 261 g/mol. The van der Waals surface area contributed by atoms with Gasteiger partial charge in [-0.1, -0.05) is 0 Å². The minimum Gasteiger partial charge on any atom is -0.391 e. The van der Waals surface area contributed by atoms with Crippen molar-refractivity contribution in [1.29, 1.82) is 0 Å². The Kier molecular flexibility index (Phi) is 3.14. The highest BCUT2D eigenvalue weighted by molar-refractivity contribution is 5.99. The number of aliphatic hydroxyl groups excluding tert-OH is 1. The topological polar surface area (TPSA) is 91.5 Å². The Morgan fingerprint density at radius 2 is 2.47 bits per heavy atom. The van der Waals surface area contributed by atoms with Crippen LogP contribution in [0, 0.1) is 5.92 Å². The quantitative estimate of drug-likeness (QED) is 0.662. The first kappa shape index (κ1) is 12.1. The summed E-state index contributed by atoms with van der Waals surface area (Å²) in [5.74, 6) is -0.161. The molecule has 3 N–H and O–H groups in total. The Labute approximate surface area is 109 Å². The monoisotopic (exact) mass is 261 g/mol. The molecule has 2 unspecified atom stereocenters. The van der Waals surface area contributed by atoms with Gasteiger partial charge >= 0.3 is 0 Å². The number of aliphatic hydroxyl groups is 1. The Bertz CT molecular complexity index is 597. The van der Waals surface area contributed by atoms with Gasteiger partial charge < -0.3 is 15.7 Å². The highest BCUT2D eigenvalue weighted by Crippen LogP contribution is 2.09. The predicted octanol–water partition coefficient (Wildman–Crippen LogP) is -0.961. The first-order valence-corrected chi connectivity index (χ1v) is 6.21. The number of β-amino-alcohol motifs (C(OH)–C–C–N with tert-alkyl or cyclic N) is 1. The normalized spacial score (nSPS) is 22.8. The molecule has 1 amide bonds. The maximum absolute atomic E-state index is 12.1. The zero-order valence-corrected chi connectivity index (χ0v) is 10.3. The summed E-state index contributed by atoms with van der Waals surface area (Å²) < 4.78 is 1.56. The molecule has 0 aromatic carbocycles. The number of nitrogens with one attached hydrogen (secondary N) is 2. The summed E-state index contributed by atoms with van der Waals surface area (Å²) in [5, 5.41) is 19.6. The van der Waals surface area contributed by atoms with Crippen LogP contribution in [0.5, 0.6) is 0 Å². The molecule has 1 fully saturated rings. The van der Waals surface area contributed by atoms with Crippen molar-refractivity contribution < 1.29 is 9.90 Å². The summed E-state index contributed by atoms with van der Waals surface area (Å²) in [7, 11) is 0. The van der Waals surface area contributed by atoms with E-state index in [9.17, 15) is 9.90 Å². The van der Waals surface area contributed by atoms with E-state index >= 15 is 0 Å². The van der Waals surface area contributed by atoms with Crippen LogP contribution in [0.1, 0.15) is 10.4 Å². The number of carbonyl (C=O) groups is 1. The third-order valence-corrected chi connectivity index (χ3v) is 3.35. The van der Waals surface area contributed by atoms with E-state index < -0.39 is 6.10 Å².